The van der Waals surface area contributed by atoms with Crippen molar-refractivity contribution in [2.45, 2.75) is 6.42 Å². The van der Waals surface area contributed by atoms with Crippen LogP contribution in [0.15, 0.2) is 72.9 Å². The normalized spacial score (nSPS) is 10.4. The molecule has 1 heterocycles. The van der Waals surface area contributed by atoms with E-state index in [0.717, 1.165) is 28.8 Å². The van der Waals surface area contributed by atoms with Crippen LogP contribution in [0.3, 0.4) is 0 Å². The Hall–Kier alpha value is -2.48. The maximum absolute atomic E-state index is 12.9. The Morgan fingerprint density at radius 3 is 2.10 bits per heavy atom. The molecule has 20 heavy (non-hydrogen) atoms. The van der Waals surface area contributed by atoms with Crippen LogP contribution in [0, 0.1) is 5.82 Å². The Kier molecular flexibility index (Phi) is 3.55. The van der Waals surface area contributed by atoms with Crippen LogP contribution in [-0.4, -0.2) is 4.98 Å². The average molecular weight is 263 g/mol. The highest BCUT2D eigenvalue weighted by atomic mass is 19.1. The number of benzene rings is 2. The van der Waals surface area contributed by atoms with Gasteiger partial charge in [0.2, 0.25) is 0 Å². The summed E-state index contributed by atoms with van der Waals surface area (Å²) in [5.74, 6) is -0.202. The zero-order chi connectivity index (χ0) is 13.8. The van der Waals surface area contributed by atoms with Crippen molar-refractivity contribution >= 4 is 0 Å². The minimum absolute atomic E-state index is 0.202. The lowest BCUT2D eigenvalue weighted by molar-refractivity contribution is 0.627. The molecule has 0 amide bonds. The van der Waals surface area contributed by atoms with Crippen LogP contribution in [0.1, 0.15) is 11.1 Å². The van der Waals surface area contributed by atoms with Gasteiger partial charge in [-0.15, -0.1) is 0 Å². The number of nitrogens with zero attached hydrogens (tertiary/aromatic N) is 1. The van der Waals surface area contributed by atoms with Gasteiger partial charge in [-0.25, -0.2) is 4.39 Å². The fourth-order valence-electron chi connectivity index (χ4n) is 2.15. The second kappa shape index (κ2) is 5.66. The molecule has 0 aliphatic carbocycles. The second-order valence-electron chi connectivity index (χ2n) is 4.72. The lowest BCUT2D eigenvalue weighted by Crippen LogP contribution is -1.91. The number of hydrogen-bond donors (Lipinski definition) is 0. The SMILES string of the molecule is Fc1ccc(Cc2ccc(-c3ccccc3)nc2)cc1. The first kappa shape index (κ1) is 12.5. The summed E-state index contributed by atoms with van der Waals surface area (Å²) in [6, 6.07) is 20.8. The van der Waals surface area contributed by atoms with E-state index in [1.165, 1.54) is 12.1 Å². The maximum Gasteiger partial charge on any atom is 0.123 e. The van der Waals surface area contributed by atoms with Crippen LogP contribution in [-0.2, 0) is 6.42 Å². The van der Waals surface area contributed by atoms with Gasteiger partial charge in [-0.2, -0.15) is 0 Å². The van der Waals surface area contributed by atoms with Crippen LogP contribution in [0.4, 0.5) is 4.39 Å². The van der Waals surface area contributed by atoms with Gasteiger partial charge in [-0.05, 0) is 35.7 Å². The lowest BCUT2D eigenvalue weighted by Gasteiger charge is -2.04. The molecule has 3 rings (SSSR count). The molecule has 0 N–H and O–H groups in total. The Bertz CT molecular complexity index is 673. The number of halogens is 1. The van der Waals surface area contributed by atoms with Gasteiger partial charge in [0, 0.05) is 11.8 Å². The van der Waals surface area contributed by atoms with Gasteiger partial charge in [0.1, 0.15) is 5.82 Å². The zero-order valence-electron chi connectivity index (χ0n) is 11.0. The number of aromatic nitrogens is 1. The van der Waals surface area contributed by atoms with E-state index in [1.54, 1.807) is 12.1 Å². The van der Waals surface area contributed by atoms with Gasteiger partial charge < -0.3 is 0 Å². The van der Waals surface area contributed by atoms with E-state index in [-0.39, 0.29) is 5.82 Å². The lowest BCUT2D eigenvalue weighted by atomic mass is 10.1. The molecule has 3 aromatic rings. The van der Waals surface area contributed by atoms with Gasteiger partial charge in [-0.3, -0.25) is 4.98 Å². The van der Waals surface area contributed by atoms with E-state index in [4.69, 9.17) is 0 Å². The van der Waals surface area contributed by atoms with E-state index < -0.39 is 0 Å². The molecule has 2 heteroatoms. The number of hydrogen-bond acceptors (Lipinski definition) is 1. The van der Waals surface area contributed by atoms with Crippen molar-refractivity contribution in [3.8, 4) is 11.3 Å². The molecular weight excluding hydrogens is 249 g/mol. The molecule has 1 aromatic heterocycles. The summed E-state index contributed by atoms with van der Waals surface area (Å²) in [4.78, 5) is 4.49. The summed E-state index contributed by atoms with van der Waals surface area (Å²) in [7, 11) is 0. The molecule has 0 spiro atoms. The van der Waals surface area contributed by atoms with Crippen molar-refractivity contribution in [1.82, 2.24) is 4.98 Å². The summed E-state index contributed by atoms with van der Waals surface area (Å²) in [5.41, 5.74) is 4.28. The largest absolute Gasteiger partial charge is 0.256 e. The fraction of sp³-hybridized carbons (Fsp3) is 0.0556. The maximum atomic E-state index is 12.9. The minimum atomic E-state index is -0.202. The van der Waals surface area contributed by atoms with E-state index >= 15 is 0 Å². The van der Waals surface area contributed by atoms with Gasteiger partial charge in [0.15, 0.2) is 0 Å². The number of pyridine rings is 1. The molecule has 0 aliphatic heterocycles. The summed E-state index contributed by atoms with van der Waals surface area (Å²) < 4.78 is 12.9. The quantitative estimate of drug-likeness (QED) is 0.679. The molecule has 0 atom stereocenters. The molecular formula is C18H14FN. The third-order valence-electron chi connectivity index (χ3n) is 3.22. The molecule has 2 aromatic carbocycles. The highest BCUT2D eigenvalue weighted by molar-refractivity contribution is 5.58. The monoisotopic (exact) mass is 263 g/mol. The molecule has 0 fully saturated rings. The molecule has 98 valence electrons. The Balaban J connectivity index is 1.78. The van der Waals surface area contributed by atoms with Crippen molar-refractivity contribution in [2.24, 2.45) is 0 Å². The van der Waals surface area contributed by atoms with Crippen molar-refractivity contribution in [2.75, 3.05) is 0 Å². The van der Waals surface area contributed by atoms with Gasteiger partial charge in [0.25, 0.3) is 0 Å². The topological polar surface area (TPSA) is 12.9 Å². The highest BCUT2D eigenvalue weighted by Gasteiger charge is 2.00. The van der Waals surface area contributed by atoms with Gasteiger partial charge in [0.05, 0.1) is 5.69 Å². The first-order valence-corrected chi connectivity index (χ1v) is 6.56. The summed E-state index contributed by atoms with van der Waals surface area (Å²) in [6.07, 6.45) is 2.65. The molecule has 0 saturated heterocycles. The molecule has 1 nitrogen and oxygen atoms in total. The molecule has 0 unspecified atom stereocenters. The fourth-order valence-corrected chi connectivity index (χ4v) is 2.15. The molecule has 0 radical (unpaired) electrons. The third kappa shape index (κ3) is 2.91. The predicted molar refractivity (Wildman–Crippen MR) is 78.9 cm³/mol. The van der Waals surface area contributed by atoms with E-state index in [2.05, 4.69) is 11.1 Å². The first-order chi connectivity index (χ1) is 9.81. The van der Waals surface area contributed by atoms with Gasteiger partial charge in [-0.1, -0.05) is 48.5 Å². The van der Waals surface area contributed by atoms with E-state index in [9.17, 15) is 4.39 Å². The van der Waals surface area contributed by atoms with Crippen molar-refractivity contribution < 1.29 is 4.39 Å². The summed E-state index contributed by atoms with van der Waals surface area (Å²) >= 11 is 0. The van der Waals surface area contributed by atoms with Crippen LogP contribution < -0.4 is 0 Å². The zero-order valence-corrected chi connectivity index (χ0v) is 11.0. The summed E-state index contributed by atoms with van der Waals surface area (Å²) in [6.45, 7) is 0. The second-order valence-corrected chi connectivity index (χ2v) is 4.72. The third-order valence-corrected chi connectivity index (χ3v) is 3.22. The molecule has 0 saturated carbocycles. The Morgan fingerprint density at radius 2 is 1.45 bits per heavy atom. The van der Waals surface area contributed by atoms with Gasteiger partial charge >= 0.3 is 0 Å². The van der Waals surface area contributed by atoms with E-state index in [1.807, 2.05) is 42.6 Å². The van der Waals surface area contributed by atoms with Crippen molar-refractivity contribution in [1.29, 1.82) is 0 Å². The molecule has 0 aliphatic rings. The first-order valence-electron chi connectivity index (χ1n) is 6.56. The smallest absolute Gasteiger partial charge is 0.123 e. The highest BCUT2D eigenvalue weighted by Crippen LogP contribution is 2.17. The van der Waals surface area contributed by atoms with Crippen LogP contribution >= 0.6 is 0 Å². The van der Waals surface area contributed by atoms with E-state index in [0.29, 0.717) is 0 Å². The predicted octanol–water partition coefficient (Wildman–Crippen LogP) is 4.48. The van der Waals surface area contributed by atoms with Crippen LogP contribution in [0.5, 0.6) is 0 Å². The number of rotatable bonds is 3. The standard InChI is InChI=1S/C18H14FN/c19-17-9-6-14(7-10-17)12-15-8-11-18(20-13-15)16-4-2-1-3-5-16/h1-11,13H,12H2. The van der Waals surface area contributed by atoms with Crippen molar-refractivity contribution in [3.63, 3.8) is 0 Å². The van der Waals surface area contributed by atoms with Crippen LogP contribution in [0.25, 0.3) is 11.3 Å². The van der Waals surface area contributed by atoms with Crippen molar-refractivity contribution in [3.05, 3.63) is 89.9 Å². The Morgan fingerprint density at radius 1 is 0.750 bits per heavy atom. The Labute approximate surface area is 117 Å². The molecule has 0 bridgehead atoms. The minimum Gasteiger partial charge on any atom is -0.256 e. The summed E-state index contributed by atoms with van der Waals surface area (Å²) in [5, 5.41) is 0. The van der Waals surface area contributed by atoms with Crippen LogP contribution in [0.2, 0.25) is 0 Å². The average Bonchev–Trinajstić information content (AvgIpc) is 2.51.